The molecule has 7 rings (SSSR count). The molecule has 164 valence electrons. The fourth-order valence-electron chi connectivity index (χ4n) is 6.91. The fourth-order valence-corrected chi connectivity index (χ4v) is 6.91. The number of nitrogen functional groups attached to an aromatic ring is 1. The zero-order valence-corrected chi connectivity index (χ0v) is 18.4. The number of nitrogens with zero attached hydrogens (tertiary/aromatic N) is 2. The topological polar surface area (TPSA) is 75.9 Å². The summed E-state index contributed by atoms with van der Waals surface area (Å²) in [5.41, 5.74) is 9.78. The molecule has 0 unspecified atom stereocenters. The Morgan fingerprint density at radius 1 is 0.750 bits per heavy atom. The molecule has 4 aliphatic rings. The van der Waals surface area contributed by atoms with E-state index in [0.717, 1.165) is 23.6 Å². The third-order valence-corrected chi connectivity index (χ3v) is 7.85. The van der Waals surface area contributed by atoms with Crippen molar-refractivity contribution in [2.24, 2.45) is 17.8 Å². The van der Waals surface area contributed by atoms with Gasteiger partial charge in [0.2, 0.25) is 0 Å². The van der Waals surface area contributed by atoms with E-state index in [2.05, 4.69) is 69.1 Å². The number of hydrogen-bond donors (Lipinski definition) is 3. The van der Waals surface area contributed by atoms with Crippen molar-refractivity contribution in [3.63, 3.8) is 0 Å². The first kappa shape index (κ1) is 19.6. The van der Waals surface area contributed by atoms with Gasteiger partial charge in [-0.1, -0.05) is 60.7 Å². The Hall–Kier alpha value is -3.08. The number of benzene rings is 2. The first-order valence-electron chi connectivity index (χ1n) is 11.9. The molecule has 32 heavy (non-hydrogen) atoms. The van der Waals surface area contributed by atoms with Crippen molar-refractivity contribution in [2.45, 2.75) is 50.1 Å². The summed E-state index contributed by atoms with van der Waals surface area (Å²) in [6, 6.07) is 20.8. The van der Waals surface area contributed by atoms with Gasteiger partial charge in [0.05, 0.1) is 6.04 Å². The highest BCUT2D eigenvalue weighted by Crippen LogP contribution is 2.56. The van der Waals surface area contributed by atoms with E-state index in [9.17, 15) is 0 Å². The highest BCUT2D eigenvalue weighted by atomic mass is 15.1. The maximum absolute atomic E-state index is 6.67. The molecule has 1 aromatic heterocycles. The molecule has 5 heteroatoms. The second-order valence-corrected chi connectivity index (χ2v) is 10.2. The van der Waals surface area contributed by atoms with Crippen LogP contribution in [0.1, 0.15) is 55.7 Å². The van der Waals surface area contributed by atoms with E-state index in [-0.39, 0.29) is 11.6 Å². The van der Waals surface area contributed by atoms with Gasteiger partial charge >= 0.3 is 0 Å². The Morgan fingerprint density at radius 3 is 1.78 bits per heavy atom. The zero-order valence-electron chi connectivity index (χ0n) is 18.4. The molecule has 4 N–H and O–H groups in total. The van der Waals surface area contributed by atoms with Crippen LogP contribution in [0.25, 0.3) is 0 Å². The summed E-state index contributed by atoms with van der Waals surface area (Å²) in [7, 11) is 0. The SMILES string of the molecule is Nc1c(NC(c2ccccc2)c2ccccc2)ncnc1NC12CC3CC(CC(C3)C1)C2. The lowest BCUT2D eigenvalue weighted by Gasteiger charge is -2.57. The van der Waals surface area contributed by atoms with Gasteiger partial charge in [0, 0.05) is 5.54 Å². The lowest BCUT2D eigenvalue weighted by Crippen LogP contribution is -2.55. The van der Waals surface area contributed by atoms with Gasteiger partial charge in [0.15, 0.2) is 11.6 Å². The van der Waals surface area contributed by atoms with Gasteiger partial charge in [0.1, 0.15) is 12.0 Å². The highest BCUT2D eigenvalue weighted by Gasteiger charge is 2.51. The molecule has 3 aromatic rings. The molecule has 4 bridgehead atoms. The first-order valence-corrected chi connectivity index (χ1v) is 11.9. The molecule has 0 spiro atoms. The van der Waals surface area contributed by atoms with Gasteiger partial charge in [-0.05, 0) is 67.4 Å². The molecule has 5 nitrogen and oxygen atoms in total. The number of nitrogens with one attached hydrogen (secondary N) is 2. The number of nitrogens with two attached hydrogens (primary N) is 1. The van der Waals surface area contributed by atoms with E-state index < -0.39 is 0 Å². The minimum atomic E-state index is -0.0398. The number of anilines is 3. The first-order chi connectivity index (χ1) is 15.7. The van der Waals surface area contributed by atoms with Crippen LogP contribution in [-0.2, 0) is 0 Å². The van der Waals surface area contributed by atoms with Crippen molar-refractivity contribution in [1.29, 1.82) is 0 Å². The quantitative estimate of drug-likeness (QED) is 0.476. The van der Waals surface area contributed by atoms with E-state index in [1.165, 1.54) is 49.7 Å². The molecule has 2 aromatic carbocycles. The molecule has 0 saturated heterocycles. The predicted molar refractivity (Wildman–Crippen MR) is 129 cm³/mol. The Labute approximate surface area is 189 Å². The molecular formula is C27H31N5. The normalized spacial score (nSPS) is 28.1. The minimum absolute atomic E-state index is 0.0398. The van der Waals surface area contributed by atoms with Crippen LogP contribution in [0, 0.1) is 17.8 Å². The molecule has 4 aliphatic carbocycles. The maximum Gasteiger partial charge on any atom is 0.155 e. The summed E-state index contributed by atoms with van der Waals surface area (Å²) in [6.07, 6.45) is 9.65. The molecule has 4 fully saturated rings. The van der Waals surface area contributed by atoms with Crippen molar-refractivity contribution in [3.05, 3.63) is 78.1 Å². The summed E-state index contributed by atoms with van der Waals surface area (Å²) < 4.78 is 0. The molecular weight excluding hydrogens is 394 g/mol. The van der Waals surface area contributed by atoms with Gasteiger partial charge in [-0.3, -0.25) is 0 Å². The van der Waals surface area contributed by atoms with E-state index >= 15 is 0 Å². The van der Waals surface area contributed by atoms with E-state index in [1.54, 1.807) is 6.33 Å². The minimum Gasteiger partial charge on any atom is -0.393 e. The van der Waals surface area contributed by atoms with Crippen LogP contribution in [0.15, 0.2) is 67.0 Å². The van der Waals surface area contributed by atoms with E-state index in [0.29, 0.717) is 11.5 Å². The van der Waals surface area contributed by atoms with Crippen LogP contribution < -0.4 is 16.4 Å². The van der Waals surface area contributed by atoms with Gasteiger partial charge in [-0.2, -0.15) is 0 Å². The molecule has 0 radical (unpaired) electrons. The third kappa shape index (κ3) is 3.60. The fraction of sp³-hybridized carbons (Fsp3) is 0.407. The Bertz CT molecular complexity index is 1010. The van der Waals surface area contributed by atoms with Gasteiger partial charge in [0.25, 0.3) is 0 Å². The Morgan fingerprint density at radius 2 is 1.25 bits per heavy atom. The Kier molecular flexibility index (Phi) is 4.78. The van der Waals surface area contributed by atoms with Crippen LogP contribution in [0.5, 0.6) is 0 Å². The van der Waals surface area contributed by atoms with Crippen molar-refractivity contribution in [2.75, 3.05) is 16.4 Å². The van der Waals surface area contributed by atoms with Gasteiger partial charge < -0.3 is 16.4 Å². The van der Waals surface area contributed by atoms with Crippen LogP contribution in [0.3, 0.4) is 0 Å². The van der Waals surface area contributed by atoms with Crippen molar-refractivity contribution in [1.82, 2.24) is 9.97 Å². The smallest absolute Gasteiger partial charge is 0.155 e. The van der Waals surface area contributed by atoms with E-state index in [4.69, 9.17) is 5.73 Å². The molecule has 1 heterocycles. The average molecular weight is 426 g/mol. The van der Waals surface area contributed by atoms with Crippen molar-refractivity contribution < 1.29 is 0 Å². The van der Waals surface area contributed by atoms with Gasteiger partial charge in [-0.15, -0.1) is 0 Å². The molecule has 4 saturated carbocycles. The van der Waals surface area contributed by atoms with Gasteiger partial charge in [-0.25, -0.2) is 9.97 Å². The van der Waals surface area contributed by atoms with Crippen LogP contribution in [0.4, 0.5) is 17.3 Å². The standard InChI is InChI=1S/C27H31N5/c28-23-25(31-24(21-7-3-1-4-8-21)22-9-5-2-6-10-22)29-17-30-26(23)32-27-14-18-11-19(15-27)13-20(12-18)16-27/h1-10,17-20,24H,11-16,28H2,(H2,29,30,31,32). The lowest BCUT2D eigenvalue weighted by atomic mass is 9.53. The number of aromatic nitrogens is 2. The van der Waals surface area contributed by atoms with Crippen molar-refractivity contribution in [3.8, 4) is 0 Å². The van der Waals surface area contributed by atoms with E-state index in [1.807, 2.05) is 12.1 Å². The Balaban J connectivity index is 1.30. The summed E-state index contributed by atoms with van der Waals surface area (Å²) in [6.45, 7) is 0. The second-order valence-electron chi connectivity index (χ2n) is 10.2. The zero-order chi connectivity index (χ0) is 21.5. The van der Waals surface area contributed by atoms with Crippen molar-refractivity contribution >= 4 is 17.3 Å². The summed E-state index contributed by atoms with van der Waals surface area (Å²) in [5, 5.41) is 7.44. The number of rotatable bonds is 6. The van der Waals surface area contributed by atoms with Crippen LogP contribution in [0.2, 0.25) is 0 Å². The molecule has 0 amide bonds. The predicted octanol–water partition coefficient (Wildman–Crippen LogP) is 5.64. The largest absolute Gasteiger partial charge is 0.393 e. The summed E-state index contributed by atoms with van der Waals surface area (Å²) in [5.74, 6) is 4.08. The molecule has 0 aliphatic heterocycles. The lowest BCUT2D eigenvalue weighted by molar-refractivity contribution is 0.0106. The summed E-state index contributed by atoms with van der Waals surface area (Å²) in [4.78, 5) is 9.12. The average Bonchev–Trinajstić information content (AvgIpc) is 2.80. The van der Waals surface area contributed by atoms with Crippen LogP contribution in [-0.4, -0.2) is 15.5 Å². The highest BCUT2D eigenvalue weighted by molar-refractivity contribution is 5.75. The second kappa shape index (κ2) is 7.80. The summed E-state index contributed by atoms with van der Waals surface area (Å²) >= 11 is 0. The maximum atomic E-state index is 6.67. The monoisotopic (exact) mass is 425 g/mol. The number of hydrogen-bond acceptors (Lipinski definition) is 5. The molecule has 0 atom stereocenters. The van der Waals surface area contributed by atoms with Crippen LogP contribution >= 0.6 is 0 Å². The third-order valence-electron chi connectivity index (χ3n) is 7.85.